The van der Waals surface area contributed by atoms with Crippen molar-refractivity contribution in [2.24, 2.45) is 0 Å². The molecule has 2 atom stereocenters. The van der Waals surface area contributed by atoms with E-state index in [1.165, 1.54) is 24.3 Å². The normalized spacial score (nSPS) is 14.1. The molecule has 2 aromatic rings. The molecule has 0 spiro atoms. The lowest BCUT2D eigenvalue weighted by Crippen LogP contribution is -2.05. The fraction of sp³-hybridized carbons (Fsp3) is 0.200. The summed E-state index contributed by atoms with van der Waals surface area (Å²) >= 11 is 0. The van der Waals surface area contributed by atoms with E-state index in [-0.39, 0.29) is 16.9 Å². The highest BCUT2D eigenvalue weighted by atomic mass is 32.2. The first-order chi connectivity index (χ1) is 9.06. The molecule has 0 radical (unpaired) electrons. The van der Waals surface area contributed by atoms with Gasteiger partial charge in [0.15, 0.2) is 0 Å². The van der Waals surface area contributed by atoms with Gasteiger partial charge in [-0.15, -0.1) is 0 Å². The van der Waals surface area contributed by atoms with Gasteiger partial charge in [0, 0.05) is 16.6 Å². The van der Waals surface area contributed by atoms with Crippen molar-refractivity contribution in [1.29, 1.82) is 0 Å². The Morgan fingerprint density at radius 1 is 0.947 bits per heavy atom. The van der Waals surface area contributed by atoms with Crippen molar-refractivity contribution in [2.45, 2.75) is 17.9 Å². The van der Waals surface area contributed by atoms with E-state index in [1.807, 2.05) is 6.92 Å². The Balaban J connectivity index is 2.07. The molecule has 0 fully saturated rings. The van der Waals surface area contributed by atoms with E-state index in [0.717, 1.165) is 11.1 Å². The van der Waals surface area contributed by atoms with Crippen LogP contribution in [0.2, 0.25) is 0 Å². The Labute approximate surface area is 113 Å². The summed E-state index contributed by atoms with van der Waals surface area (Å²) in [5.41, 5.74) is 1.66. The second-order valence-electron chi connectivity index (χ2n) is 4.35. The Kier molecular flexibility index (Phi) is 4.43. The molecule has 2 aromatic carbocycles. The summed E-state index contributed by atoms with van der Waals surface area (Å²) in [6.45, 7) is 1.84. The van der Waals surface area contributed by atoms with E-state index in [1.54, 1.807) is 24.3 Å². The maximum atomic E-state index is 12.8. The van der Waals surface area contributed by atoms with Crippen LogP contribution in [0, 0.1) is 11.6 Å². The van der Waals surface area contributed by atoms with Crippen LogP contribution in [0.5, 0.6) is 0 Å². The highest BCUT2D eigenvalue weighted by molar-refractivity contribution is 7.84. The van der Waals surface area contributed by atoms with Crippen LogP contribution in [0.3, 0.4) is 0 Å². The number of rotatable bonds is 4. The molecule has 0 aliphatic carbocycles. The van der Waals surface area contributed by atoms with E-state index in [0.29, 0.717) is 5.75 Å². The van der Waals surface area contributed by atoms with Gasteiger partial charge < -0.3 is 0 Å². The van der Waals surface area contributed by atoms with E-state index in [4.69, 9.17) is 0 Å². The molecule has 0 aromatic heterocycles. The van der Waals surface area contributed by atoms with Crippen molar-refractivity contribution in [3.63, 3.8) is 0 Å². The van der Waals surface area contributed by atoms with Gasteiger partial charge in [-0.05, 0) is 42.3 Å². The van der Waals surface area contributed by atoms with E-state index >= 15 is 0 Å². The lowest BCUT2D eigenvalue weighted by molar-refractivity contribution is 0.626. The first-order valence-electron chi connectivity index (χ1n) is 5.93. The zero-order valence-electron chi connectivity index (χ0n) is 10.5. The van der Waals surface area contributed by atoms with Crippen molar-refractivity contribution in [3.8, 4) is 0 Å². The number of benzene rings is 2. The van der Waals surface area contributed by atoms with Crippen LogP contribution in [0.4, 0.5) is 8.78 Å². The highest BCUT2D eigenvalue weighted by Crippen LogP contribution is 2.22. The predicted octanol–water partition coefficient (Wildman–Crippen LogP) is 3.97. The van der Waals surface area contributed by atoms with Crippen LogP contribution in [0.25, 0.3) is 0 Å². The molecule has 1 nitrogen and oxygen atoms in total. The number of hydrogen-bond donors (Lipinski definition) is 0. The van der Waals surface area contributed by atoms with Crippen molar-refractivity contribution in [2.75, 3.05) is 0 Å². The van der Waals surface area contributed by atoms with Gasteiger partial charge in [0.25, 0.3) is 0 Å². The standard InChI is InChI=1S/C15H14F2OS/c1-11(13-4-8-15(17)9-5-13)19(18)10-12-2-6-14(16)7-3-12/h2-9,11H,10H2,1H3/t11-,19-/m0/s1. The van der Waals surface area contributed by atoms with Crippen molar-refractivity contribution < 1.29 is 13.0 Å². The summed E-state index contributed by atoms with van der Waals surface area (Å²) in [5.74, 6) is -0.250. The summed E-state index contributed by atoms with van der Waals surface area (Å²) in [5, 5.41) is -0.189. The third-order valence-corrected chi connectivity index (χ3v) is 4.63. The van der Waals surface area contributed by atoms with Gasteiger partial charge in [-0.2, -0.15) is 0 Å². The molecule has 0 amide bonds. The Morgan fingerprint density at radius 2 is 1.42 bits per heavy atom. The maximum absolute atomic E-state index is 12.8. The minimum Gasteiger partial charge on any atom is -0.259 e. The SMILES string of the molecule is C[C@@H](c1ccc(F)cc1)[S@@](=O)Cc1ccc(F)cc1. The molecular formula is C15H14F2OS. The molecule has 0 saturated carbocycles. The van der Waals surface area contributed by atoms with Crippen LogP contribution < -0.4 is 0 Å². The van der Waals surface area contributed by atoms with Gasteiger partial charge in [0.2, 0.25) is 0 Å². The van der Waals surface area contributed by atoms with Crippen molar-refractivity contribution in [3.05, 3.63) is 71.3 Å². The summed E-state index contributed by atoms with van der Waals surface area (Å²) in [4.78, 5) is 0. The fourth-order valence-electron chi connectivity index (χ4n) is 1.76. The summed E-state index contributed by atoms with van der Waals surface area (Å²) in [6.07, 6.45) is 0. The Morgan fingerprint density at radius 3 is 1.95 bits per heavy atom. The smallest absolute Gasteiger partial charge is 0.123 e. The average molecular weight is 280 g/mol. The molecule has 100 valence electrons. The molecule has 0 aliphatic heterocycles. The van der Waals surface area contributed by atoms with Crippen LogP contribution in [0.1, 0.15) is 23.3 Å². The second kappa shape index (κ2) is 6.06. The quantitative estimate of drug-likeness (QED) is 0.828. The topological polar surface area (TPSA) is 17.1 Å². The van der Waals surface area contributed by atoms with Crippen molar-refractivity contribution in [1.82, 2.24) is 0 Å². The van der Waals surface area contributed by atoms with Crippen LogP contribution >= 0.6 is 0 Å². The van der Waals surface area contributed by atoms with Crippen LogP contribution in [-0.4, -0.2) is 4.21 Å². The average Bonchev–Trinajstić information content (AvgIpc) is 2.41. The van der Waals surface area contributed by atoms with E-state index < -0.39 is 10.8 Å². The van der Waals surface area contributed by atoms with Gasteiger partial charge in [-0.1, -0.05) is 24.3 Å². The Hall–Kier alpha value is -1.55. The molecule has 2 rings (SSSR count). The monoisotopic (exact) mass is 280 g/mol. The number of halogens is 2. The first kappa shape index (κ1) is 13.9. The minimum atomic E-state index is -1.12. The third-order valence-electron chi connectivity index (χ3n) is 2.96. The molecule has 4 heteroatoms. The number of hydrogen-bond acceptors (Lipinski definition) is 1. The molecule has 0 heterocycles. The molecule has 0 N–H and O–H groups in total. The molecule has 0 bridgehead atoms. The van der Waals surface area contributed by atoms with Crippen molar-refractivity contribution >= 4 is 10.8 Å². The zero-order chi connectivity index (χ0) is 13.8. The summed E-state index contributed by atoms with van der Waals surface area (Å²) < 4.78 is 37.8. The van der Waals surface area contributed by atoms with Gasteiger partial charge in [-0.3, -0.25) is 4.21 Å². The largest absolute Gasteiger partial charge is 0.259 e. The lowest BCUT2D eigenvalue weighted by atomic mass is 10.2. The second-order valence-corrected chi connectivity index (χ2v) is 6.10. The van der Waals surface area contributed by atoms with E-state index in [9.17, 15) is 13.0 Å². The van der Waals surface area contributed by atoms with Crippen LogP contribution in [-0.2, 0) is 16.6 Å². The highest BCUT2D eigenvalue weighted by Gasteiger charge is 2.14. The molecule has 0 unspecified atom stereocenters. The predicted molar refractivity (Wildman–Crippen MR) is 73.1 cm³/mol. The Bertz CT molecular complexity index is 564. The van der Waals surface area contributed by atoms with Gasteiger partial charge in [0.05, 0.1) is 5.25 Å². The molecule has 0 aliphatic rings. The first-order valence-corrected chi connectivity index (χ1v) is 7.31. The molecule has 19 heavy (non-hydrogen) atoms. The fourth-order valence-corrected chi connectivity index (χ4v) is 2.99. The third kappa shape index (κ3) is 3.70. The maximum Gasteiger partial charge on any atom is 0.123 e. The van der Waals surface area contributed by atoms with Gasteiger partial charge in [0.1, 0.15) is 11.6 Å². The van der Waals surface area contributed by atoms with Gasteiger partial charge >= 0.3 is 0 Å². The van der Waals surface area contributed by atoms with Crippen LogP contribution in [0.15, 0.2) is 48.5 Å². The van der Waals surface area contributed by atoms with Gasteiger partial charge in [-0.25, -0.2) is 8.78 Å². The molecule has 0 saturated heterocycles. The van der Waals surface area contributed by atoms with E-state index in [2.05, 4.69) is 0 Å². The zero-order valence-corrected chi connectivity index (χ0v) is 11.3. The minimum absolute atomic E-state index is 0.189. The summed E-state index contributed by atoms with van der Waals surface area (Å²) in [6, 6.07) is 12.0. The summed E-state index contributed by atoms with van der Waals surface area (Å²) in [7, 11) is -1.12. The lowest BCUT2D eigenvalue weighted by Gasteiger charge is -2.12. The molecular weight excluding hydrogens is 266 g/mol.